The summed E-state index contributed by atoms with van der Waals surface area (Å²) in [5.74, 6) is -1.89. The Bertz CT molecular complexity index is 272. The van der Waals surface area contributed by atoms with Crippen molar-refractivity contribution in [3.8, 4) is 0 Å². The van der Waals surface area contributed by atoms with E-state index in [4.69, 9.17) is 17.2 Å². The summed E-state index contributed by atoms with van der Waals surface area (Å²) in [7, 11) is 0. The van der Waals surface area contributed by atoms with Crippen molar-refractivity contribution in [2.45, 2.75) is 0 Å². The molecule has 1 rings (SSSR count). The van der Waals surface area contributed by atoms with Crippen molar-refractivity contribution in [2.75, 3.05) is 17.2 Å². The molecule has 0 atom stereocenters. The van der Waals surface area contributed by atoms with E-state index in [1.165, 1.54) is 0 Å². The molecule has 5 heteroatoms. The predicted octanol–water partition coefficient (Wildman–Crippen LogP) is 0.711. The zero-order valence-electron chi connectivity index (χ0n) is 5.57. The Labute approximate surface area is 61.8 Å². The van der Waals surface area contributed by atoms with Crippen LogP contribution in [0.3, 0.4) is 0 Å². The molecular formula is C6H7F2N3. The third-order valence-corrected chi connectivity index (χ3v) is 1.32. The lowest BCUT2D eigenvalue weighted by Crippen LogP contribution is -2.04. The molecule has 0 aliphatic carbocycles. The van der Waals surface area contributed by atoms with E-state index in [9.17, 15) is 8.78 Å². The SMILES string of the molecule is Nc1cc(F)c(N)c(F)c1N. The highest BCUT2D eigenvalue weighted by Crippen LogP contribution is 2.26. The molecule has 60 valence electrons. The van der Waals surface area contributed by atoms with Crippen LogP contribution in [0.15, 0.2) is 6.07 Å². The fourth-order valence-corrected chi connectivity index (χ4v) is 0.669. The van der Waals surface area contributed by atoms with Gasteiger partial charge in [0.1, 0.15) is 5.69 Å². The van der Waals surface area contributed by atoms with Gasteiger partial charge in [0.05, 0.1) is 11.4 Å². The Morgan fingerprint density at radius 2 is 1.55 bits per heavy atom. The third kappa shape index (κ3) is 1.04. The van der Waals surface area contributed by atoms with Gasteiger partial charge in [-0.2, -0.15) is 0 Å². The molecule has 1 aromatic rings. The van der Waals surface area contributed by atoms with Gasteiger partial charge in [-0.3, -0.25) is 0 Å². The van der Waals surface area contributed by atoms with Crippen LogP contribution in [-0.4, -0.2) is 0 Å². The van der Waals surface area contributed by atoms with Gasteiger partial charge < -0.3 is 17.2 Å². The highest BCUT2D eigenvalue weighted by molar-refractivity contribution is 5.69. The van der Waals surface area contributed by atoms with E-state index in [-0.39, 0.29) is 11.4 Å². The second-order valence-electron chi connectivity index (χ2n) is 2.09. The Balaban J connectivity index is 3.46. The first-order valence-corrected chi connectivity index (χ1v) is 2.82. The lowest BCUT2D eigenvalue weighted by atomic mass is 10.2. The second-order valence-corrected chi connectivity index (χ2v) is 2.09. The topological polar surface area (TPSA) is 78.1 Å². The molecule has 1 aromatic carbocycles. The van der Waals surface area contributed by atoms with Crippen molar-refractivity contribution in [3.63, 3.8) is 0 Å². The third-order valence-electron chi connectivity index (χ3n) is 1.32. The van der Waals surface area contributed by atoms with Crippen molar-refractivity contribution >= 4 is 17.1 Å². The standard InChI is InChI=1S/C6H7F2N3/c7-2-1-3(9)6(11)4(8)5(2)10/h1H,9-11H2. The maximum absolute atomic E-state index is 12.7. The maximum atomic E-state index is 12.7. The molecule has 0 saturated heterocycles. The van der Waals surface area contributed by atoms with Gasteiger partial charge in [0.25, 0.3) is 0 Å². The molecule has 0 aromatic heterocycles. The van der Waals surface area contributed by atoms with E-state index in [1.54, 1.807) is 0 Å². The van der Waals surface area contributed by atoms with Crippen LogP contribution in [0.4, 0.5) is 25.8 Å². The molecule has 11 heavy (non-hydrogen) atoms. The largest absolute Gasteiger partial charge is 0.397 e. The number of benzene rings is 1. The summed E-state index contributed by atoms with van der Waals surface area (Å²) in [5.41, 5.74) is 14.1. The van der Waals surface area contributed by atoms with E-state index in [0.717, 1.165) is 6.07 Å². The predicted molar refractivity (Wildman–Crippen MR) is 39.6 cm³/mol. The molecule has 0 heterocycles. The summed E-state index contributed by atoms with van der Waals surface area (Å²) in [6.45, 7) is 0. The van der Waals surface area contributed by atoms with Gasteiger partial charge in [-0.1, -0.05) is 0 Å². The molecule has 0 radical (unpaired) electrons. The van der Waals surface area contributed by atoms with Crippen molar-refractivity contribution in [3.05, 3.63) is 17.7 Å². The normalized spacial score (nSPS) is 10.0. The number of nitrogen functional groups attached to an aromatic ring is 3. The van der Waals surface area contributed by atoms with Crippen LogP contribution < -0.4 is 17.2 Å². The minimum absolute atomic E-state index is 0.144. The second kappa shape index (κ2) is 2.26. The number of rotatable bonds is 0. The number of hydrogen-bond acceptors (Lipinski definition) is 3. The van der Waals surface area contributed by atoms with Crippen LogP contribution in [0, 0.1) is 11.6 Å². The summed E-state index contributed by atoms with van der Waals surface area (Å²) in [4.78, 5) is 0. The van der Waals surface area contributed by atoms with Crippen molar-refractivity contribution < 1.29 is 8.78 Å². The Morgan fingerprint density at radius 3 is 2.09 bits per heavy atom. The minimum atomic E-state index is -0.998. The zero-order chi connectivity index (χ0) is 8.59. The van der Waals surface area contributed by atoms with Crippen molar-refractivity contribution in [2.24, 2.45) is 0 Å². The molecule has 0 spiro atoms. The highest BCUT2D eigenvalue weighted by atomic mass is 19.1. The van der Waals surface area contributed by atoms with E-state index in [0.29, 0.717) is 0 Å². The van der Waals surface area contributed by atoms with Crippen molar-refractivity contribution in [1.82, 2.24) is 0 Å². The van der Waals surface area contributed by atoms with E-state index < -0.39 is 17.3 Å². The van der Waals surface area contributed by atoms with Crippen LogP contribution in [-0.2, 0) is 0 Å². The van der Waals surface area contributed by atoms with Crippen LogP contribution in [0.5, 0.6) is 0 Å². The monoisotopic (exact) mass is 159 g/mol. The summed E-state index contributed by atoms with van der Waals surface area (Å²) >= 11 is 0. The Hall–Kier alpha value is -1.52. The Morgan fingerprint density at radius 1 is 1.00 bits per heavy atom. The first kappa shape index (κ1) is 7.59. The van der Waals surface area contributed by atoms with Gasteiger partial charge in [0.15, 0.2) is 11.6 Å². The number of anilines is 3. The summed E-state index contributed by atoms with van der Waals surface area (Å²) in [5, 5.41) is 0. The summed E-state index contributed by atoms with van der Waals surface area (Å²) in [6, 6.07) is 0.883. The van der Waals surface area contributed by atoms with E-state index in [1.807, 2.05) is 0 Å². The fourth-order valence-electron chi connectivity index (χ4n) is 0.669. The van der Waals surface area contributed by atoms with E-state index in [2.05, 4.69) is 0 Å². The number of hydrogen-bond donors (Lipinski definition) is 3. The molecule has 0 unspecified atom stereocenters. The van der Waals surface area contributed by atoms with Crippen LogP contribution >= 0.6 is 0 Å². The molecular weight excluding hydrogens is 152 g/mol. The highest BCUT2D eigenvalue weighted by Gasteiger charge is 2.11. The van der Waals surface area contributed by atoms with Crippen LogP contribution in [0.2, 0.25) is 0 Å². The number of halogens is 2. The first-order chi connectivity index (χ1) is 5.04. The van der Waals surface area contributed by atoms with Gasteiger partial charge in [-0.15, -0.1) is 0 Å². The molecule has 0 aliphatic rings. The molecule has 0 fully saturated rings. The van der Waals surface area contributed by atoms with E-state index >= 15 is 0 Å². The molecule has 0 bridgehead atoms. The lowest BCUT2D eigenvalue weighted by molar-refractivity contribution is 0.596. The van der Waals surface area contributed by atoms with Gasteiger partial charge in [-0.25, -0.2) is 8.78 Å². The lowest BCUT2D eigenvalue weighted by Gasteiger charge is -2.04. The molecule has 0 aliphatic heterocycles. The Kier molecular flexibility index (Phi) is 1.56. The molecule has 0 amide bonds. The van der Waals surface area contributed by atoms with Gasteiger partial charge >= 0.3 is 0 Å². The van der Waals surface area contributed by atoms with Gasteiger partial charge in [0.2, 0.25) is 0 Å². The first-order valence-electron chi connectivity index (χ1n) is 2.82. The maximum Gasteiger partial charge on any atom is 0.174 e. The minimum Gasteiger partial charge on any atom is -0.397 e. The molecule has 0 saturated carbocycles. The van der Waals surface area contributed by atoms with Gasteiger partial charge in [-0.05, 0) is 0 Å². The molecule has 3 nitrogen and oxygen atoms in total. The van der Waals surface area contributed by atoms with Gasteiger partial charge in [0, 0.05) is 6.07 Å². The fraction of sp³-hybridized carbons (Fsp3) is 0. The van der Waals surface area contributed by atoms with Crippen LogP contribution in [0.25, 0.3) is 0 Å². The van der Waals surface area contributed by atoms with Crippen molar-refractivity contribution in [1.29, 1.82) is 0 Å². The average molecular weight is 159 g/mol. The zero-order valence-corrected chi connectivity index (χ0v) is 5.57. The number of nitrogens with two attached hydrogens (primary N) is 3. The quantitative estimate of drug-likeness (QED) is 0.488. The van der Waals surface area contributed by atoms with Crippen LogP contribution in [0.1, 0.15) is 0 Å². The average Bonchev–Trinajstić information content (AvgIpc) is 1.97. The summed E-state index contributed by atoms with van der Waals surface area (Å²) in [6.07, 6.45) is 0. The smallest absolute Gasteiger partial charge is 0.174 e. The summed E-state index contributed by atoms with van der Waals surface area (Å²) < 4.78 is 25.2. The molecule has 6 N–H and O–H groups in total.